The van der Waals surface area contributed by atoms with Gasteiger partial charge in [0, 0.05) is 13.0 Å². The van der Waals surface area contributed by atoms with E-state index in [1.54, 1.807) is 7.11 Å². The zero-order valence-corrected chi connectivity index (χ0v) is 8.79. The van der Waals surface area contributed by atoms with E-state index in [1.807, 2.05) is 20.8 Å². The minimum Gasteiger partial charge on any atom is -0.466 e. The second-order valence-corrected chi connectivity index (χ2v) is 4.01. The van der Waals surface area contributed by atoms with Crippen molar-refractivity contribution < 1.29 is 14.3 Å². The van der Waals surface area contributed by atoms with Gasteiger partial charge in [0.15, 0.2) is 0 Å². The molecule has 13 heavy (non-hydrogen) atoms. The van der Waals surface area contributed by atoms with Crippen LogP contribution in [0.4, 0.5) is 0 Å². The number of carbonyl (C=O) groups is 1. The normalized spacial score (nSPS) is 27.1. The van der Waals surface area contributed by atoms with Gasteiger partial charge in [-0.2, -0.15) is 0 Å². The summed E-state index contributed by atoms with van der Waals surface area (Å²) in [6.07, 6.45) is 0.902. The van der Waals surface area contributed by atoms with Crippen LogP contribution in [0.25, 0.3) is 0 Å². The quantitative estimate of drug-likeness (QED) is 0.626. The van der Waals surface area contributed by atoms with E-state index >= 15 is 0 Å². The molecule has 0 spiro atoms. The first kappa shape index (κ1) is 10.5. The van der Waals surface area contributed by atoms with Gasteiger partial charge in [0.05, 0.1) is 18.1 Å². The molecule has 1 fully saturated rings. The molecule has 1 aliphatic carbocycles. The Balaban J connectivity index is 2.41. The van der Waals surface area contributed by atoms with E-state index in [1.165, 1.54) is 0 Å². The fourth-order valence-corrected chi connectivity index (χ4v) is 1.62. The van der Waals surface area contributed by atoms with E-state index in [4.69, 9.17) is 9.47 Å². The van der Waals surface area contributed by atoms with Crippen molar-refractivity contribution in [1.29, 1.82) is 0 Å². The maximum absolute atomic E-state index is 11.3. The molecule has 1 rings (SSSR count). The average Bonchev–Trinajstić information content (AvgIpc) is 2.84. The standard InChI is InChI=1S/C10H18O3/c1-5-13-9(11)7-6-8(7)10(2,3)12-4/h7-8H,5-6H2,1-4H3/t7-,8-/m1/s1. The molecule has 0 bridgehead atoms. The highest BCUT2D eigenvalue weighted by Crippen LogP contribution is 2.48. The number of methoxy groups -OCH3 is 1. The number of ether oxygens (including phenoxy) is 2. The van der Waals surface area contributed by atoms with Gasteiger partial charge in [-0.05, 0) is 27.2 Å². The van der Waals surface area contributed by atoms with Crippen molar-refractivity contribution in [2.75, 3.05) is 13.7 Å². The first-order valence-electron chi connectivity index (χ1n) is 4.74. The van der Waals surface area contributed by atoms with Crippen LogP contribution in [-0.4, -0.2) is 25.3 Å². The van der Waals surface area contributed by atoms with Crippen LogP contribution in [0.5, 0.6) is 0 Å². The minimum absolute atomic E-state index is 0.0647. The third-order valence-electron chi connectivity index (χ3n) is 2.80. The lowest BCUT2D eigenvalue weighted by Crippen LogP contribution is -2.27. The van der Waals surface area contributed by atoms with Crippen LogP contribution in [-0.2, 0) is 14.3 Å². The Morgan fingerprint density at radius 2 is 2.15 bits per heavy atom. The third-order valence-corrected chi connectivity index (χ3v) is 2.80. The van der Waals surface area contributed by atoms with E-state index in [2.05, 4.69) is 0 Å². The minimum atomic E-state index is -0.197. The van der Waals surface area contributed by atoms with Crippen molar-refractivity contribution >= 4 is 5.97 Å². The number of rotatable bonds is 4. The van der Waals surface area contributed by atoms with E-state index in [9.17, 15) is 4.79 Å². The summed E-state index contributed by atoms with van der Waals surface area (Å²) >= 11 is 0. The highest BCUT2D eigenvalue weighted by atomic mass is 16.5. The molecular weight excluding hydrogens is 168 g/mol. The van der Waals surface area contributed by atoms with Crippen molar-refractivity contribution in [3.63, 3.8) is 0 Å². The monoisotopic (exact) mass is 186 g/mol. The molecule has 76 valence electrons. The SMILES string of the molecule is CCOC(=O)[C@@H]1C[C@H]1C(C)(C)OC. The largest absolute Gasteiger partial charge is 0.466 e. The zero-order valence-electron chi connectivity index (χ0n) is 8.79. The van der Waals surface area contributed by atoms with Gasteiger partial charge in [-0.1, -0.05) is 0 Å². The molecule has 0 radical (unpaired) electrons. The Bertz CT molecular complexity index is 198. The van der Waals surface area contributed by atoms with Gasteiger partial charge in [0.2, 0.25) is 0 Å². The lowest BCUT2D eigenvalue weighted by Gasteiger charge is -2.22. The second-order valence-electron chi connectivity index (χ2n) is 4.01. The highest BCUT2D eigenvalue weighted by Gasteiger charge is 2.52. The summed E-state index contributed by atoms with van der Waals surface area (Å²) in [4.78, 5) is 11.3. The van der Waals surface area contributed by atoms with Crippen LogP contribution in [0, 0.1) is 11.8 Å². The first-order valence-corrected chi connectivity index (χ1v) is 4.74. The summed E-state index contributed by atoms with van der Waals surface area (Å²) in [6.45, 7) is 6.32. The second kappa shape index (κ2) is 3.66. The average molecular weight is 186 g/mol. The van der Waals surface area contributed by atoms with Crippen molar-refractivity contribution in [1.82, 2.24) is 0 Å². The molecule has 0 heterocycles. The van der Waals surface area contributed by atoms with E-state index in [0.717, 1.165) is 6.42 Å². The lowest BCUT2D eigenvalue weighted by molar-refractivity contribution is -0.146. The van der Waals surface area contributed by atoms with Gasteiger partial charge in [-0.3, -0.25) is 4.79 Å². The summed E-state index contributed by atoms with van der Waals surface area (Å²) in [5, 5.41) is 0. The van der Waals surface area contributed by atoms with Crippen LogP contribution in [0.1, 0.15) is 27.2 Å². The van der Waals surface area contributed by atoms with Crippen molar-refractivity contribution in [3.05, 3.63) is 0 Å². The van der Waals surface area contributed by atoms with E-state index in [0.29, 0.717) is 12.5 Å². The molecule has 0 aromatic heterocycles. The zero-order chi connectivity index (χ0) is 10.1. The Labute approximate surface area is 79.4 Å². The molecule has 0 aromatic carbocycles. The Kier molecular flexibility index (Phi) is 2.96. The van der Waals surface area contributed by atoms with Gasteiger partial charge >= 0.3 is 5.97 Å². The van der Waals surface area contributed by atoms with E-state index < -0.39 is 0 Å². The molecule has 0 N–H and O–H groups in total. The van der Waals surface area contributed by atoms with Crippen LogP contribution < -0.4 is 0 Å². The predicted octanol–water partition coefficient (Wildman–Crippen LogP) is 1.61. The molecule has 0 amide bonds. The van der Waals surface area contributed by atoms with Gasteiger partial charge in [0.1, 0.15) is 0 Å². The molecule has 0 aromatic rings. The molecule has 2 atom stereocenters. The van der Waals surface area contributed by atoms with Crippen LogP contribution in [0.15, 0.2) is 0 Å². The maximum atomic E-state index is 11.3. The molecule has 0 unspecified atom stereocenters. The first-order chi connectivity index (χ1) is 6.03. The Morgan fingerprint density at radius 3 is 2.62 bits per heavy atom. The number of esters is 1. The van der Waals surface area contributed by atoms with Gasteiger partial charge in [0.25, 0.3) is 0 Å². The Morgan fingerprint density at radius 1 is 1.54 bits per heavy atom. The predicted molar refractivity (Wildman–Crippen MR) is 49.3 cm³/mol. The summed E-state index contributed by atoms with van der Waals surface area (Å²) in [6, 6.07) is 0. The lowest BCUT2D eigenvalue weighted by atomic mass is 10.0. The molecule has 0 aliphatic heterocycles. The molecule has 0 saturated heterocycles. The van der Waals surface area contributed by atoms with E-state index in [-0.39, 0.29) is 17.5 Å². The topological polar surface area (TPSA) is 35.5 Å². The van der Waals surface area contributed by atoms with Gasteiger partial charge in [-0.15, -0.1) is 0 Å². The smallest absolute Gasteiger partial charge is 0.309 e. The van der Waals surface area contributed by atoms with Crippen molar-refractivity contribution in [2.24, 2.45) is 11.8 Å². The van der Waals surface area contributed by atoms with Crippen LogP contribution in [0.3, 0.4) is 0 Å². The van der Waals surface area contributed by atoms with Crippen molar-refractivity contribution in [2.45, 2.75) is 32.8 Å². The fraction of sp³-hybridized carbons (Fsp3) is 0.900. The molecule has 3 heteroatoms. The van der Waals surface area contributed by atoms with Crippen molar-refractivity contribution in [3.8, 4) is 0 Å². The summed E-state index contributed by atoms with van der Waals surface area (Å²) in [7, 11) is 1.68. The number of hydrogen-bond acceptors (Lipinski definition) is 3. The highest BCUT2D eigenvalue weighted by molar-refractivity contribution is 5.76. The fourth-order valence-electron chi connectivity index (χ4n) is 1.62. The van der Waals surface area contributed by atoms with Gasteiger partial charge in [-0.25, -0.2) is 0 Å². The van der Waals surface area contributed by atoms with Crippen LogP contribution in [0.2, 0.25) is 0 Å². The molecule has 1 aliphatic rings. The summed E-state index contributed by atoms with van der Waals surface area (Å²) < 4.78 is 10.3. The number of carbonyl (C=O) groups excluding carboxylic acids is 1. The summed E-state index contributed by atoms with van der Waals surface area (Å²) in [5.74, 6) is 0.323. The van der Waals surface area contributed by atoms with Gasteiger partial charge < -0.3 is 9.47 Å². The molecule has 1 saturated carbocycles. The van der Waals surface area contributed by atoms with Crippen LogP contribution >= 0.6 is 0 Å². The summed E-state index contributed by atoms with van der Waals surface area (Å²) in [5.41, 5.74) is -0.197. The molecular formula is C10H18O3. The maximum Gasteiger partial charge on any atom is 0.309 e. The third kappa shape index (κ3) is 2.21. The molecule has 3 nitrogen and oxygen atoms in total. The Hall–Kier alpha value is -0.570. The number of hydrogen-bond donors (Lipinski definition) is 0.